The van der Waals surface area contributed by atoms with Crippen LogP contribution in [0.15, 0.2) is 18.2 Å². The Morgan fingerprint density at radius 1 is 1.04 bits per heavy atom. The third-order valence-electron chi connectivity index (χ3n) is 3.86. The summed E-state index contributed by atoms with van der Waals surface area (Å²) in [6, 6.07) is 5.93. The number of pyridine rings is 1. The summed E-state index contributed by atoms with van der Waals surface area (Å²) in [5.41, 5.74) is 0.615. The lowest BCUT2D eigenvalue weighted by atomic mass is 9.96. The molecule has 0 saturated heterocycles. The van der Waals surface area contributed by atoms with E-state index in [4.69, 9.17) is 4.98 Å². The zero-order valence-corrected chi connectivity index (χ0v) is 17.2. The predicted octanol–water partition coefficient (Wildman–Crippen LogP) is 3.69. The first-order valence-corrected chi connectivity index (χ1v) is 10.1. The fourth-order valence-electron chi connectivity index (χ4n) is 2.36. The van der Waals surface area contributed by atoms with Crippen LogP contribution in [0.1, 0.15) is 48.5 Å². The fraction of sp³-hybridized carbons (Fsp3) is 0.667. The van der Waals surface area contributed by atoms with E-state index in [-0.39, 0.29) is 5.91 Å². The van der Waals surface area contributed by atoms with Gasteiger partial charge in [-0.05, 0) is 12.1 Å². The van der Waals surface area contributed by atoms with Crippen LogP contribution < -0.4 is 10.8 Å². The van der Waals surface area contributed by atoms with E-state index < -0.39 is 13.6 Å². The molecule has 0 fully saturated rings. The van der Waals surface area contributed by atoms with Gasteiger partial charge >= 0.3 is 0 Å². The molecule has 0 spiro atoms. The third kappa shape index (κ3) is 5.51. The monoisotopic (exact) mass is 352 g/mol. The number of amides is 1. The molecule has 1 N–H and O–H groups in total. The molecule has 5 nitrogen and oxygen atoms in total. The predicted molar refractivity (Wildman–Crippen MR) is 105 cm³/mol. The van der Waals surface area contributed by atoms with Crippen molar-refractivity contribution >= 4 is 25.4 Å². The zero-order valence-electron chi connectivity index (χ0n) is 16.3. The van der Waals surface area contributed by atoms with Gasteiger partial charge in [0.15, 0.2) is 0 Å². The number of carbonyl (C=O) groups is 1. The van der Waals surface area contributed by atoms with Crippen LogP contribution in [0.25, 0.3) is 0 Å². The summed E-state index contributed by atoms with van der Waals surface area (Å²) in [4.78, 5) is 17.0. The molecule has 0 radical (unpaired) electrons. The van der Waals surface area contributed by atoms with Gasteiger partial charge in [0.25, 0.3) is 0 Å². The normalized spacial score (nSPS) is 12.2. The molecule has 1 amide bonds. The first-order valence-electron chi connectivity index (χ1n) is 8.86. The van der Waals surface area contributed by atoms with Gasteiger partial charge < -0.3 is 5.32 Å². The molecule has 136 valence electrons. The Hall–Kier alpha value is -1.03. The van der Waals surface area contributed by atoms with Crippen molar-refractivity contribution in [1.82, 2.24) is 14.3 Å². The maximum Gasteiger partial charge on any atom is 0.230 e. The van der Waals surface area contributed by atoms with Crippen LogP contribution in [-0.4, -0.2) is 46.4 Å². The summed E-state index contributed by atoms with van der Waals surface area (Å²) in [5.74, 6) is 0.626. The Bertz CT molecular complexity index is 510. The molecule has 1 rings (SSSR count). The lowest BCUT2D eigenvalue weighted by Crippen LogP contribution is -2.35. The van der Waals surface area contributed by atoms with E-state index in [1.807, 2.05) is 32.9 Å². The number of anilines is 1. The molecule has 0 bridgehead atoms. The van der Waals surface area contributed by atoms with Crippen LogP contribution in [-0.2, 0) is 4.79 Å². The number of hydrogen-bond acceptors (Lipinski definition) is 4. The largest absolute Gasteiger partial charge is 0.310 e. The van der Waals surface area contributed by atoms with Gasteiger partial charge in [-0.1, -0.05) is 54.5 Å². The minimum Gasteiger partial charge on any atom is -0.310 e. The summed E-state index contributed by atoms with van der Waals surface area (Å²) in [5, 5.41) is 2.95. The molecule has 0 aliphatic carbocycles. The molecule has 1 aromatic heterocycles. The highest BCUT2D eigenvalue weighted by Gasteiger charge is 2.26. The Balaban J connectivity index is 3.15. The molecule has 1 heterocycles. The number of aromatic nitrogens is 1. The van der Waals surface area contributed by atoms with E-state index in [1.165, 1.54) is 0 Å². The quantitative estimate of drug-likeness (QED) is 0.725. The molecule has 0 atom stereocenters. The lowest BCUT2D eigenvalue weighted by Gasteiger charge is -2.37. The van der Waals surface area contributed by atoms with Gasteiger partial charge in [0.2, 0.25) is 5.91 Å². The van der Waals surface area contributed by atoms with Crippen molar-refractivity contribution in [2.75, 3.05) is 31.5 Å². The Morgan fingerprint density at radius 3 is 1.96 bits per heavy atom. The van der Waals surface area contributed by atoms with E-state index in [2.05, 4.69) is 48.4 Å². The van der Waals surface area contributed by atoms with Crippen molar-refractivity contribution in [3.05, 3.63) is 18.2 Å². The van der Waals surface area contributed by atoms with Crippen LogP contribution >= 0.6 is 8.22 Å². The minimum atomic E-state index is -0.648. The van der Waals surface area contributed by atoms with E-state index >= 15 is 0 Å². The minimum absolute atomic E-state index is 0.0119. The second-order valence-corrected chi connectivity index (χ2v) is 8.82. The van der Waals surface area contributed by atoms with E-state index in [0.29, 0.717) is 5.82 Å². The van der Waals surface area contributed by atoms with E-state index in [0.717, 1.165) is 31.6 Å². The van der Waals surface area contributed by atoms with Gasteiger partial charge in [0.05, 0.1) is 13.7 Å². The highest BCUT2D eigenvalue weighted by molar-refractivity contribution is 7.60. The van der Waals surface area contributed by atoms with E-state index in [1.54, 1.807) is 0 Å². The van der Waals surface area contributed by atoms with Crippen LogP contribution in [0.2, 0.25) is 0 Å². The van der Waals surface area contributed by atoms with Crippen molar-refractivity contribution in [2.45, 2.75) is 48.5 Å². The summed E-state index contributed by atoms with van der Waals surface area (Å²) in [6.07, 6.45) is 0. The van der Waals surface area contributed by atoms with E-state index in [9.17, 15) is 4.79 Å². The smallest absolute Gasteiger partial charge is 0.230 e. The topological polar surface area (TPSA) is 48.5 Å². The molecule has 1 aromatic rings. The van der Waals surface area contributed by atoms with Crippen molar-refractivity contribution in [1.29, 1.82) is 0 Å². The van der Waals surface area contributed by atoms with Crippen molar-refractivity contribution < 1.29 is 4.79 Å². The highest BCUT2D eigenvalue weighted by atomic mass is 31.1. The summed E-state index contributed by atoms with van der Waals surface area (Å²) in [7, 11) is -0.648. The van der Waals surface area contributed by atoms with Crippen molar-refractivity contribution in [3.63, 3.8) is 0 Å². The standard InChI is InChI=1S/C18H33N4OP/c1-8-21(9-2)24(22(10-3)11-4)16-14-12-13-15(19-16)20-17(23)18(5,6)7/h12-14H,8-11H2,1-7H3,(H,19,20,23). The van der Waals surface area contributed by atoms with Crippen LogP contribution in [0.4, 0.5) is 5.82 Å². The Kier molecular flexibility index (Phi) is 8.28. The summed E-state index contributed by atoms with van der Waals surface area (Å²) < 4.78 is 4.92. The molecule has 24 heavy (non-hydrogen) atoms. The molecule has 0 aromatic carbocycles. The highest BCUT2D eigenvalue weighted by Crippen LogP contribution is 2.42. The maximum atomic E-state index is 12.2. The van der Waals surface area contributed by atoms with Crippen molar-refractivity contribution in [3.8, 4) is 0 Å². The van der Waals surface area contributed by atoms with Gasteiger partial charge in [-0.2, -0.15) is 0 Å². The molecular weight excluding hydrogens is 319 g/mol. The first-order chi connectivity index (χ1) is 11.3. The Labute approximate surface area is 148 Å². The van der Waals surface area contributed by atoms with Crippen LogP contribution in [0.3, 0.4) is 0 Å². The number of rotatable bonds is 8. The average Bonchev–Trinajstić information content (AvgIpc) is 2.54. The SMILES string of the molecule is CCN(CC)P(c1cccc(NC(=O)C(C)(C)C)n1)N(CC)CC. The number of nitrogens with zero attached hydrogens (tertiary/aromatic N) is 3. The molecule has 0 aliphatic rings. The van der Waals surface area contributed by atoms with Gasteiger partial charge in [0.1, 0.15) is 5.82 Å². The third-order valence-corrected chi connectivity index (χ3v) is 6.72. The summed E-state index contributed by atoms with van der Waals surface area (Å²) >= 11 is 0. The van der Waals surface area contributed by atoms with Crippen LogP contribution in [0, 0.1) is 5.41 Å². The fourth-order valence-corrected chi connectivity index (χ4v) is 4.79. The van der Waals surface area contributed by atoms with Gasteiger partial charge in [-0.3, -0.25) is 14.1 Å². The Morgan fingerprint density at radius 2 is 1.54 bits per heavy atom. The van der Waals surface area contributed by atoms with Crippen LogP contribution in [0.5, 0.6) is 0 Å². The number of carbonyl (C=O) groups excluding carboxylic acids is 1. The lowest BCUT2D eigenvalue weighted by molar-refractivity contribution is -0.123. The molecular formula is C18H33N4OP. The first kappa shape index (κ1) is 21.0. The number of hydrogen-bond donors (Lipinski definition) is 1. The average molecular weight is 352 g/mol. The second-order valence-electron chi connectivity index (χ2n) is 6.65. The molecule has 0 unspecified atom stereocenters. The summed E-state index contributed by atoms with van der Waals surface area (Å²) in [6.45, 7) is 18.4. The second kappa shape index (κ2) is 9.45. The maximum absolute atomic E-state index is 12.2. The number of nitrogens with one attached hydrogen (secondary N) is 1. The van der Waals surface area contributed by atoms with Gasteiger partial charge in [-0.25, -0.2) is 4.98 Å². The molecule has 0 aliphatic heterocycles. The van der Waals surface area contributed by atoms with Gasteiger partial charge in [-0.15, -0.1) is 0 Å². The molecule has 6 heteroatoms. The molecule has 0 saturated carbocycles. The van der Waals surface area contributed by atoms with Crippen molar-refractivity contribution in [2.24, 2.45) is 5.41 Å². The zero-order chi connectivity index (χ0) is 18.3. The van der Waals surface area contributed by atoms with Gasteiger partial charge in [0, 0.05) is 31.6 Å².